The van der Waals surface area contributed by atoms with Crippen LogP contribution in [0.4, 0.5) is 4.39 Å². The van der Waals surface area contributed by atoms with Crippen molar-refractivity contribution in [2.24, 2.45) is 11.7 Å². The molecule has 4 amide bonds. The van der Waals surface area contributed by atoms with Crippen molar-refractivity contribution in [3.8, 4) is 0 Å². The van der Waals surface area contributed by atoms with Gasteiger partial charge in [-0.05, 0) is 67.8 Å². The van der Waals surface area contributed by atoms with Gasteiger partial charge in [0, 0.05) is 12.8 Å². The van der Waals surface area contributed by atoms with Crippen LogP contribution in [0, 0.1) is 11.7 Å². The lowest BCUT2D eigenvalue weighted by Crippen LogP contribution is -2.59. The molecule has 0 unspecified atom stereocenters. The number of amides is 4. The lowest BCUT2D eigenvalue weighted by molar-refractivity contribution is -0.135. The lowest BCUT2D eigenvalue weighted by atomic mass is 9.95. The Hall–Kier alpha value is -4.68. The summed E-state index contributed by atoms with van der Waals surface area (Å²) in [6.45, 7) is 2.13. The molecule has 1 fully saturated rings. The molecule has 1 heterocycles. The van der Waals surface area contributed by atoms with Crippen molar-refractivity contribution >= 4 is 45.2 Å². The summed E-state index contributed by atoms with van der Waals surface area (Å²) in [6, 6.07) is 20.7. The minimum absolute atomic E-state index is 0.0276. The average Bonchev–Trinajstić information content (AvgIpc) is 3.84. The summed E-state index contributed by atoms with van der Waals surface area (Å²) in [5.74, 6) is -2.29. The Morgan fingerprint density at radius 2 is 1.45 bits per heavy atom. The van der Waals surface area contributed by atoms with Gasteiger partial charge in [-0.25, -0.2) is 9.37 Å². The van der Waals surface area contributed by atoms with E-state index in [-0.39, 0.29) is 36.1 Å². The zero-order chi connectivity index (χ0) is 36.2. The van der Waals surface area contributed by atoms with Crippen molar-refractivity contribution in [2.45, 2.75) is 88.9 Å². The predicted octanol–water partition coefficient (Wildman–Crippen LogP) is 5.07. The summed E-state index contributed by atoms with van der Waals surface area (Å²) in [5, 5.41) is 12.3. The van der Waals surface area contributed by atoms with E-state index in [2.05, 4.69) is 26.3 Å². The van der Waals surface area contributed by atoms with Crippen molar-refractivity contribution in [3.63, 3.8) is 0 Å². The van der Waals surface area contributed by atoms with E-state index in [0.29, 0.717) is 35.5 Å². The molecule has 0 bridgehead atoms. The number of nitrogens with two attached hydrogens (primary N) is 1. The van der Waals surface area contributed by atoms with Gasteiger partial charge in [-0.15, -0.1) is 11.3 Å². The second kappa shape index (κ2) is 18.5. The number of nitrogens with zero attached hydrogens (tertiary/aromatic N) is 1. The Morgan fingerprint density at radius 3 is 2.06 bits per heavy atom. The first kappa shape index (κ1) is 37.6. The first-order valence-corrected chi connectivity index (χ1v) is 18.6. The van der Waals surface area contributed by atoms with E-state index in [1.807, 2.05) is 60.7 Å². The molecule has 1 saturated carbocycles. The molecule has 0 radical (unpaired) electrons. The molecule has 1 aliphatic rings. The van der Waals surface area contributed by atoms with Crippen molar-refractivity contribution in [1.29, 1.82) is 0 Å². The number of hydrogen-bond acceptors (Lipinski definition) is 7. The Labute approximate surface area is 302 Å². The third kappa shape index (κ3) is 10.2. The zero-order valence-electron chi connectivity index (χ0n) is 28.9. The molecule has 0 saturated heterocycles. The largest absolute Gasteiger partial charge is 0.344 e. The first-order chi connectivity index (χ1) is 24.8. The van der Waals surface area contributed by atoms with Crippen molar-refractivity contribution < 1.29 is 23.6 Å². The number of carbonyl (C=O) groups excluding carboxylic acids is 4. The summed E-state index contributed by atoms with van der Waals surface area (Å²) in [5.41, 5.74) is 7.79. The van der Waals surface area contributed by atoms with Gasteiger partial charge in [-0.1, -0.05) is 86.5 Å². The summed E-state index contributed by atoms with van der Waals surface area (Å²) < 4.78 is 15.0. The SMILES string of the molecule is CCC(=O)N[C@@H](Cc1nc2c(F)cccc2s1)C(=O)N[C@H](C(=O)N[C@@H](CCCCN)C(=O)NC(c1ccccc1)c1ccccc1)C1CCCC1. The number of carbonyl (C=O) groups is 4. The molecule has 6 N–H and O–H groups in total. The first-order valence-electron chi connectivity index (χ1n) is 17.8. The van der Waals surface area contributed by atoms with Crippen LogP contribution in [0.3, 0.4) is 0 Å². The summed E-state index contributed by atoms with van der Waals surface area (Å²) >= 11 is 1.25. The van der Waals surface area contributed by atoms with Crippen LogP contribution in [0.5, 0.6) is 0 Å². The number of rotatable bonds is 17. The van der Waals surface area contributed by atoms with E-state index < -0.39 is 41.8 Å². The van der Waals surface area contributed by atoms with Crippen LogP contribution in [0.2, 0.25) is 0 Å². The molecule has 12 heteroatoms. The van der Waals surface area contributed by atoms with Crippen molar-refractivity contribution in [1.82, 2.24) is 26.3 Å². The number of benzene rings is 3. The van der Waals surface area contributed by atoms with Gasteiger partial charge < -0.3 is 27.0 Å². The normalized spacial score (nSPS) is 14.9. The summed E-state index contributed by atoms with van der Waals surface area (Å²) in [7, 11) is 0. The highest BCUT2D eigenvalue weighted by atomic mass is 32.1. The fourth-order valence-electron chi connectivity index (χ4n) is 6.59. The minimum atomic E-state index is -1.04. The number of thiazole rings is 1. The van der Waals surface area contributed by atoms with Crippen molar-refractivity contribution in [3.05, 3.63) is 101 Å². The van der Waals surface area contributed by atoms with Gasteiger partial charge in [-0.3, -0.25) is 19.2 Å². The maximum Gasteiger partial charge on any atom is 0.243 e. The zero-order valence-corrected chi connectivity index (χ0v) is 29.7. The number of fused-ring (bicyclic) bond motifs is 1. The van der Waals surface area contributed by atoms with E-state index >= 15 is 0 Å². The van der Waals surface area contributed by atoms with E-state index in [9.17, 15) is 23.6 Å². The third-order valence-corrected chi connectivity index (χ3v) is 10.4. The highest BCUT2D eigenvalue weighted by Gasteiger charge is 2.36. The molecule has 3 atom stereocenters. The Kier molecular flexibility index (Phi) is 13.6. The standard InChI is InChI=1S/C39H47FN6O4S/c1-2-32(47)42-30(24-33-44-36-28(40)20-13-22-31(36)51-33)38(49)46-35(27-18-9-10-19-27)39(50)43-29(21-11-12-23-41)37(48)45-34(25-14-5-3-6-15-25)26-16-7-4-8-17-26/h3-8,13-17,20,22,27,29-30,34-35H,2,9-12,18-19,21,23-24,41H2,1H3,(H,42,47)(H,43,50)(H,45,48)(H,46,49)/t29-,30-,35-/m0/s1. The molecule has 5 rings (SSSR count). The topological polar surface area (TPSA) is 155 Å². The van der Waals surface area contributed by atoms with Gasteiger partial charge >= 0.3 is 0 Å². The van der Waals surface area contributed by atoms with Crippen molar-refractivity contribution in [2.75, 3.05) is 6.54 Å². The highest BCUT2D eigenvalue weighted by molar-refractivity contribution is 7.18. The fraction of sp³-hybridized carbons (Fsp3) is 0.410. The third-order valence-electron chi connectivity index (χ3n) is 9.35. The monoisotopic (exact) mass is 714 g/mol. The van der Waals surface area contributed by atoms with E-state index in [0.717, 1.165) is 36.8 Å². The molecular weight excluding hydrogens is 668 g/mol. The molecule has 51 heavy (non-hydrogen) atoms. The lowest BCUT2D eigenvalue weighted by Gasteiger charge is -2.29. The van der Waals surface area contributed by atoms with Gasteiger partial charge in [0.2, 0.25) is 23.6 Å². The average molecular weight is 715 g/mol. The number of nitrogens with one attached hydrogen (secondary N) is 4. The Bertz CT molecular complexity index is 1730. The van der Waals surface area contributed by atoms with Crippen LogP contribution in [0.25, 0.3) is 10.2 Å². The number of halogens is 1. The van der Waals surface area contributed by atoms with E-state index in [1.54, 1.807) is 19.1 Å². The second-order valence-corrected chi connectivity index (χ2v) is 14.1. The van der Waals surface area contributed by atoms with E-state index in [1.165, 1.54) is 17.4 Å². The second-order valence-electron chi connectivity index (χ2n) is 13.0. The molecule has 0 aliphatic heterocycles. The molecule has 10 nitrogen and oxygen atoms in total. The number of aromatic nitrogens is 1. The van der Waals surface area contributed by atoms with Gasteiger partial charge in [-0.2, -0.15) is 0 Å². The summed E-state index contributed by atoms with van der Waals surface area (Å²) in [6.07, 6.45) is 5.12. The van der Waals surface area contributed by atoms with Crippen LogP contribution in [-0.2, 0) is 25.6 Å². The van der Waals surface area contributed by atoms with Crippen LogP contribution in [0.1, 0.15) is 80.5 Å². The van der Waals surface area contributed by atoms with Crippen LogP contribution in [0.15, 0.2) is 78.9 Å². The molecule has 1 aromatic heterocycles. The Morgan fingerprint density at radius 1 is 0.804 bits per heavy atom. The van der Waals surface area contributed by atoms with Crippen LogP contribution >= 0.6 is 11.3 Å². The molecule has 3 aromatic carbocycles. The fourth-order valence-corrected chi connectivity index (χ4v) is 7.61. The number of hydrogen-bond donors (Lipinski definition) is 5. The number of unbranched alkanes of at least 4 members (excludes halogenated alkanes) is 1. The smallest absolute Gasteiger partial charge is 0.243 e. The molecule has 1 aliphatic carbocycles. The van der Waals surface area contributed by atoms with Crippen LogP contribution < -0.4 is 27.0 Å². The molecule has 0 spiro atoms. The van der Waals surface area contributed by atoms with Gasteiger partial charge in [0.25, 0.3) is 0 Å². The van der Waals surface area contributed by atoms with Crippen LogP contribution in [-0.4, -0.2) is 53.3 Å². The number of para-hydroxylation sites is 1. The van der Waals surface area contributed by atoms with Gasteiger partial charge in [0.05, 0.1) is 15.7 Å². The quantitative estimate of drug-likeness (QED) is 0.0963. The molecule has 270 valence electrons. The molecular formula is C39H47FN6O4S. The van der Waals surface area contributed by atoms with Gasteiger partial charge in [0.15, 0.2) is 0 Å². The minimum Gasteiger partial charge on any atom is -0.344 e. The Balaban J connectivity index is 1.36. The predicted molar refractivity (Wildman–Crippen MR) is 197 cm³/mol. The molecule has 4 aromatic rings. The van der Waals surface area contributed by atoms with Gasteiger partial charge in [0.1, 0.15) is 29.5 Å². The maximum atomic E-state index is 14.4. The summed E-state index contributed by atoms with van der Waals surface area (Å²) in [4.78, 5) is 59.1. The maximum absolute atomic E-state index is 14.4. The van der Waals surface area contributed by atoms with E-state index in [4.69, 9.17) is 5.73 Å². The highest BCUT2D eigenvalue weighted by Crippen LogP contribution is 2.29.